The molecular formula is C11H9ClF3NO2. The summed E-state index contributed by atoms with van der Waals surface area (Å²) in [7, 11) is 0. The van der Waals surface area contributed by atoms with Crippen molar-refractivity contribution >= 4 is 17.7 Å². The maximum atomic E-state index is 12.4. The largest absolute Gasteiger partial charge is 0.435 e. The van der Waals surface area contributed by atoms with Gasteiger partial charge in [-0.15, -0.1) is 11.6 Å². The summed E-state index contributed by atoms with van der Waals surface area (Å²) in [4.78, 5) is 11.0. The van der Waals surface area contributed by atoms with Gasteiger partial charge >= 0.3 is 12.3 Å². The number of cyclic esters (lactones) is 1. The molecule has 0 unspecified atom stereocenters. The summed E-state index contributed by atoms with van der Waals surface area (Å²) in [5.41, 5.74) is -1.42. The molecule has 3 nitrogen and oxygen atoms in total. The summed E-state index contributed by atoms with van der Waals surface area (Å²) >= 11 is 5.75. The van der Waals surface area contributed by atoms with Crippen molar-refractivity contribution in [3.05, 3.63) is 35.4 Å². The molecule has 7 heteroatoms. The van der Waals surface area contributed by atoms with Crippen LogP contribution in [0.2, 0.25) is 0 Å². The van der Waals surface area contributed by atoms with Gasteiger partial charge in [0, 0.05) is 0 Å². The predicted molar refractivity (Wildman–Crippen MR) is 58.3 cm³/mol. The van der Waals surface area contributed by atoms with Crippen molar-refractivity contribution in [1.82, 2.24) is 5.32 Å². The Labute approximate surface area is 106 Å². The number of nitrogens with one attached hydrogen (secondary N) is 1. The molecule has 1 aromatic rings. The van der Waals surface area contributed by atoms with Crippen LogP contribution in [-0.2, 0) is 16.5 Å². The van der Waals surface area contributed by atoms with Crippen LogP contribution in [0.25, 0.3) is 0 Å². The van der Waals surface area contributed by atoms with Gasteiger partial charge in [0.1, 0.15) is 0 Å². The van der Waals surface area contributed by atoms with E-state index in [2.05, 4.69) is 5.32 Å². The molecule has 0 bridgehead atoms. The molecule has 1 amide bonds. The molecule has 1 heterocycles. The minimum atomic E-state index is -4.39. The zero-order valence-corrected chi connectivity index (χ0v) is 9.81. The number of carbonyl (C=O) groups excluding carboxylic acids is 1. The number of alkyl carbamates (subject to hydrolysis) is 1. The number of hydrogen-bond acceptors (Lipinski definition) is 2. The van der Waals surface area contributed by atoms with Crippen molar-refractivity contribution in [2.75, 3.05) is 12.4 Å². The van der Waals surface area contributed by atoms with Crippen LogP contribution in [0.5, 0.6) is 0 Å². The number of alkyl halides is 4. The molecule has 0 spiro atoms. The molecule has 0 saturated carbocycles. The Morgan fingerprint density at radius 2 is 1.94 bits per heavy atom. The Morgan fingerprint density at radius 1 is 1.33 bits per heavy atom. The molecule has 0 radical (unpaired) electrons. The zero-order valence-electron chi connectivity index (χ0n) is 9.05. The number of benzene rings is 1. The number of ether oxygens (including phenoxy) is 1. The van der Waals surface area contributed by atoms with Crippen molar-refractivity contribution < 1.29 is 22.7 Å². The Bertz CT molecular complexity index is 460. The molecule has 98 valence electrons. The summed E-state index contributed by atoms with van der Waals surface area (Å²) in [5.74, 6) is -0.0307. The van der Waals surface area contributed by atoms with Gasteiger partial charge in [-0.05, 0) is 17.7 Å². The smallest absolute Gasteiger partial charge is 0.416 e. The first-order chi connectivity index (χ1) is 8.37. The maximum Gasteiger partial charge on any atom is 0.416 e. The molecule has 1 atom stereocenters. The third kappa shape index (κ3) is 2.25. The van der Waals surface area contributed by atoms with Gasteiger partial charge in [-0.2, -0.15) is 13.2 Å². The van der Waals surface area contributed by atoms with Crippen molar-refractivity contribution in [2.24, 2.45) is 0 Å². The van der Waals surface area contributed by atoms with E-state index in [0.717, 1.165) is 12.1 Å². The maximum absolute atomic E-state index is 12.4. The lowest BCUT2D eigenvalue weighted by Gasteiger charge is -2.24. The third-order valence-corrected chi connectivity index (χ3v) is 3.19. The molecule has 18 heavy (non-hydrogen) atoms. The van der Waals surface area contributed by atoms with Crippen molar-refractivity contribution in [3.63, 3.8) is 0 Å². The van der Waals surface area contributed by atoms with Gasteiger partial charge in [-0.1, -0.05) is 12.1 Å². The SMILES string of the molecule is O=C1NC[C@](CCl)(c2ccc(C(F)(F)F)cc2)O1. The highest BCUT2D eigenvalue weighted by molar-refractivity contribution is 6.18. The van der Waals surface area contributed by atoms with Gasteiger partial charge in [-0.25, -0.2) is 4.79 Å². The second-order valence-electron chi connectivity index (χ2n) is 3.95. The standard InChI is InChI=1S/C11H9ClF3NO2/c12-5-10(6-16-9(17)18-10)7-1-3-8(4-2-7)11(13,14)15/h1-4H,5-6H2,(H,16,17)/t10-/m1/s1. The van der Waals surface area contributed by atoms with Crippen LogP contribution in [0.15, 0.2) is 24.3 Å². The van der Waals surface area contributed by atoms with Gasteiger partial charge in [0.15, 0.2) is 5.60 Å². The van der Waals surface area contributed by atoms with E-state index in [1.165, 1.54) is 12.1 Å². The van der Waals surface area contributed by atoms with E-state index < -0.39 is 23.4 Å². The first-order valence-electron chi connectivity index (χ1n) is 5.08. The zero-order chi connectivity index (χ0) is 13.4. The van der Waals surface area contributed by atoms with E-state index in [1.807, 2.05) is 0 Å². The predicted octanol–water partition coefficient (Wildman–Crippen LogP) is 2.88. The monoisotopic (exact) mass is 279 g/mol. The van der Waals surface area contributed by atoms with Crippen LogP contribution >= 0.6 is 11.6 Å². The first kappa shape index (κ1) is 13.0. The van der Waals surface area contributed by atoms with Gasteiger partial charge < -0.3 is 10.1 Å². The van der Waals surface area contributed by atoms with Crippen molar-refractivity contribution in [1.29, 1.82) is 0 Å². The fourth-order valence-corrected chi connectivity index (χ4v) is 2.04. The normalized spacial score (nSPS) is 23.7. The molecule has 1 aliphatic rings. The summed E-state index contributed by atoms with van der Waals surface area (Å²) in [5, 5.41) is 2.44. The fraction of sp³-hybridized carbons (Fsp3) is 0.364. The molecule has 1 aliphatic heterocycles. The van der Waals surface area contributed by atoms with Gasteiger partial charge in [0.05, 0.1) is 18.0 Å². The highest BCUT2D eigenvalue weighted by atomic mass is 35.5. The van der Waals surface area contributed by atoms with Crippen LogP contribution in [0, 0.1) is 0 Å². The van der Waals surface area contributed by atoms with Crippen molar-refractivity contribution in [2.45, 2.75) is 11.8 Å². The fourth-order valence-electron chi connectivity index (χ4n) is 1.74. The van der Waals surface area contributed by atoms with Crippen LogP contribution in [0.4, 0.5) is 18.0 Å². The molecule has 1 N–H and O–H groups in total. The lowest BCUT2D eigenvalue weighted by Crippen LogP contribution is -2.32. The minimum absolute atomic E-state index is 0.0307. The molecular weight excluding hydrogens is 271 g/mol. The summed E-state index contributed by atoms with van der Waals surface area (Å²) < 4.78 is 42.3. The Kier molecular flexibility index (Phi) is 3.14. The lowest BCUT2D eigenvalue weighted by atomic mass is 9.95. The van der Waals surface area contributed by atoms with E-state index in [4.69, 9.17) is 16.3 Å². The summed E-state index contributed by atoms with van der Waals surface area (Å²) in [6.07, 6.45) is -5.02. The van der Waals surface area contributed by atoms with E-state index >= 15 is 0 Å². The summed E-state index contributed by atoms with van der Waals surface area (Å²) in [6, 6.07) is 4.42. The number of hydrogen-bond donors (Lipinski definition) is 1. The van der Waals surface area contributed by atoms with Gasteiger partial charge in [-0.3, -0.25) is 0 Å². The van der Waals surface area contributed by atoms with Crippen molar-refractivity contribution in [3.8, 4) is 0 Å². The number of rotatable bonds is 2. The average molecular weight is 280 g/mol. The number of carbonyl (C=O) groups is 1. The first-order valence-corrected chi connectivity index (χ1v) is 5.61. The summed E-state index contributed by atoms with van der Waals surface area (Å²) in [6.45, 7) is 0.140. The average Bonchev–Trinajstić information content (AvgIpc) is 2.71. The van der Waals surface area contributed by atoms with E-state index in [1.54, 1.807) is 0 Å². The third-order valence-electron chi connectivity index (χ3n) is 2.76. The van der Waals surface area contributed by atoms with E-state index in [0.29, 0.717) is 5.56 Å². The molecule has 2 rings (SSSR count). The molecule has 0 aliphatic carbocycles. The van der Waals surface area contributed by atoms with Crippen LogP contribution < -0.4 is 5.32 Å². The van der Waals surface area contributed by atoms with Gasteiger partial charge in [0.25, 0.3) is 0 Å². The minimum Gasteiger partial charge on any atom is -0.435 e. The van der Waals surface area contributed by atoms with Crippen LogP contribution in [-0.4, -0.2) is 18.5 Å². The Balaban J connectivity index is 2.31. The highest BCUT2D eigenvalue weighted by Gasteiger charge is 2.42. The highest BCUT2D eigenvalue weighted by Crippen LogP contribution is 2.34. The second kappa shape index (κ2) is 4.35. The topological polar surface area (TPSA) is 38.3 Å². The number of halogens is 4. The molecule has 1 aromatic carbocycles. The number of amides is 1. The molecule has 1 saturated heterocycles. The molecule has 1 fully saturated rings. The second-order valence-corrected chi connectivity index (χ2v) is 4.21. The quantitative estimate of drug-likeness (QED) is 0.846. The molecule has 0 aromatic heterocycles. The Morgan fingerprint density at radius 3 is 2.33 bits per heavy atom. The van der Waals surface area contributed by atoms with Crippen LogP contribution in [0.1, 0.15) is 11.1 Å². The van der Waals surface area contributed by atoms with E-state index in [-0.39, 0.29) is 12.4 Å². The van der Waals surface area contributed by atoms with E-state index in [9.17, 15) is 18.0 Å². The Hall–Kier alpha value is -1.43. The lowest BCUT2D eigenvalue weighted by molar-refractivity contribution is -0.137. The van der Waals surface area contributed by atoms with Gasteiger partial charge in [0.2, 0.25) is 0 Å². The van der Waals surface area contributed by atoms with Crippen LogP contribution in [0.3, 0.4) is 0 Å².